The van der Waals surface area contributed by atoms with Gasteiger partial charge in [0, 0.05) is 42.6 Å². The highest BCUT2D eigenvalue weighted by atomic mass is 35.5. The van der Waals surface area contributed by atoms with Gasteiger partial charge in [-0.3, -0.25) is 9.59 Å². The molecule has 29 heavy (non-hydrogen) atoms. The monoisotopic (exact) mass is 458 g/mol. The third-order valence-electron chi connectivity index (χ3n) is 4.61. The van der Waals surface area contributed by atoms with Crippen LogP contribution < -0.4 is 16.0 Å². The predicted octanol–water partition coefficient (Wildman–Crippen LogP) is 2.77. The number of nitrogens with zero attached hydrogens (tertiary/aromatic N) is 2. The number of rotatable bonds is 5. The van der Waals surface area contributed by atoms with Crippen molar-refractivity contribution in [2.24, 2.45) is 0 Å². The van der Waals surface area contributed by atoms with Crippen LogP contribution in [0.15, 0.2) is 48.5 Å². The minimum absolute atomic E-state index is 0. The normalized spacial score (nSPS) is 13.1. The zero-order valence-corrected chi connectivity index (χ0v) is 18.2. The maximum absolute atomic E-state index is 12.3. The van der Waals surface area contributed by atoms with Gasteiger partial charge in [-0.2, -0.15) is 0 Å². The zero-order valence-electron chi connectivity index (χ0n) is 15.8. The lowest BCUT2D eigenvalue weighted by molar-refractivity contribution is -0.133. The van der Waals surface area contributed by atoms with Gasteiger partial charge in [0.05, 0.1) is 13.0 Å². The Kier molecular flexibility index (Phi) is 10.1. The van der Waals surface area contributed by atoms with Crippen LogP contribution >= 0.6 is 36.4 Å². The van der Waals surface area contributed by atoms with Gasteiger partial charge < -0.3 is 20.9 Å². The van der Waals surface area contributed by atoms with E-state index >= 15 is 0 Å². The lowest BCUT2D eigenvalue weighted by Crippen LogP contribution is -2.51. The summed E-state index contributed by atoms with van der Waals surface area (Å²) in [7, 11) is 0. The van der Waals surface area contributed by atoms with E-state index in [1.165, 1.54) is 0 Å². The Labute approximate surface area is 188 Å². The summed E-state index contributed by atoms with van der Waals surface area (Å²) in [5.74, 6) is -0.232. The van der Waals surface area contributed by atoms with Crippen molar-refractivity contribution in [3.63, 3.8) is 0 Å². The van der Waals surface area contributed by atoms with E-state index in [9.17, 15) is 9.59 Å². The summed E-state index contributed by atoms with van der Waals surface area (Å²) in [6.07, 6.45) is 0.234. The number of nitrogen functional groups attached to an aromatic ring is 1. The molecular formula is C20H25Cl3N4O2. The van der Waals surface area contributed by atoms with E-state index in [-0.39, 0.29) is 49.6 Å². The number of nitrogens with two attached hydrogens (primary N) is 1. The van der Waals surface area contributed by atoms with Crippen molar-refractivity contribution in [3.05, 3.63) is 59.1 Å². The van der Waals surface area contributed by atoms with Gasteiger partial charge in [0.15, 0.2) is 0 Å². The second kappa shape index (κ2) is 11.8. The minimum Gasteiger partial charge on any atom is -0.399 e. The number of anilines is 2. The van der Waals surface area contributed by atoms with Crippen LogP contribution in [-0.4, -0.2) is 49.4 Å². The molecular weight excluding hydrogens is 435 g/mol. The molecule has 0 bridgehead atoms. The third-order valence-corrected chi connectivity index (χ3v) is 4.86. The first kappa shape index (κ1) is 24.9. The van der Waals surface area contributed by atoms with Crippen molar-refractivity contribution in [1.29, 1.82) is 0 Å². The number of carbonyl (C=O) groups excluding carboxylic acids is 2. The van der Waals surface area contributed by atoms with E-state index in [4.69, 9.17) is 17.3 Å². The zero-order chi connectivity index (χ0) is 19.2. The largest absolute Gasteiger partial charge is 0.399 e. The summed E-state index contributed by atoms with van der Waals surface area (Å²) >= 11 is 5.92. The number of piperazine rings is 1. The molecule has 1 saturated heterocycles. The minimum atomic E-state index is -0.173. The lowest BCUT2D eigenvalue weighted by Gasteiger charge is -2.36. The molecule has 3 rings (SSSR count). The van der Waals surface area contributed by atoms with E-state index in [0.29, 0.717) is 23.8 Å². The van der Waals surface area contributed by atoms with Crippen molar-refractivity contribution in [2.45, 2.75) is 6.42 Å². The van der Waals surface area contributed by atoms with Crippen molar-refractivity contribution in [1.82, 2.24) is 10.2 Å². The molecule has 0 saturated carbocycles. The quantitative estimate of drug-likeness (QED) is 0.674. The van der Waals surface area contributed by atoms with Gasteiger partial charge >= 0.3 is 0 Å². The smallest absolute Gasteiger partial charge is 0.242 e. The number of hydrogen-bond donors (Lipinski definition) is 2. The summed E-state index contributed by atoms with van der Waals surface area (Å²) in [6.45, 7) is 2.80. The summed E-state index contributed by atoms with van der Waals surface area (Å²) in [4.78, 5) is 28.4. The average molecular weight is 460 g/mol. The van der Waals surface area contributed by atoms with Gasteiger partial charge in [0.25, 0.3) is 0 Å². The van der Waals surface area contributed by atoms with Gasteiger partial charge in [-0.1, -0.05) is 23.7 Å². The van der Waals surface area contributed by atoms with Crippen LogP contribution in [0.25, 0.3) is 0 Å². The number of amides is 2. The highest BCUT2D eigenvalue weighted by Crippen LogP contribution is 2.19. The molecule has 1 aliphatic heterocycles. The fourth-order valence-electron chi connectivity index (χ4n) is 3.04. The van der Waals surface area contributed by atoms with Crippen molar-refractivity contribution in [2.75, 3.05) is 43.4 Å². The Balaban J connectivity index is 0.00000210. The van der Waals surface area contributed by atoms with Gasteiger partial charge in [0.2, 0.25) is 11.8 Å². The molecule has 2 amide bonds. The molecule has 0 unspecified atom stereocenters. The number of nitrogens with one attached hydrogen (secondary N) is 1. The van der Waals surface area contributed by atoms with Crippen LogP contribution in [0, 0.1) is 0 Å². The fraction of sp³-hybridized carbons (Fsp3) is 0.300. The van der Waals surface area contributed by atoms with Crippen LogP contribution in [0.1, 0.15) is 5.56 Å². The van der Waals surface area contributed by atoms with E-state index in [2.05, 4.69) is 10.2 Å². The SMILES string of the molecule is Cl.Cl.Nc1ccc(CC(=O)NCC(=O)N2CCN(c3ccc(Cl)cc3)CC2)cc1. The molecule has 1 fully saturated rings. The van der Waals surface area contributed by atoms with Gasteiger partial charge in [-0.15, -0.1) is 24.8 Å². The fourth-order valence-corrected chi connectivity index (χ4v) is 3.16. The molecule has 0 atom stereocenters. The second-order valence-corrected chi connectivity index (χ2v) is 6.98. The van der Waals surface area contributed by atoms with E-state index in [1.54, 1.807) is 17.0 Å². The Morgan fingerprint density at radius 3 is 2.10 bits per heavy atom. The number of carbonyl (C=O) groups is 2. The maximum atomic E-state index is 12.3. The Hall–Kier alpha value is -2.15. The summed E-state index contributed by atoms with van der Waals surface area (Å²) in [6, 6.07) is 14.8. The van der Waals surface area contributed by atoms with Crippen molar-refractivity contribution >= 4 is 59.6 Å². The third kappa shape index (κ3) is 7.31. The highest BCUT2D eigenvalue weighted by Gasteiger charge is 2.21. The predicted molar refractivity (Wildman–Crippen MR) is 122 cm³/mol. The van der Waals surface area contributed by atoms with Crippen molar-refractivity contribution < 1.29 is 9.59 Å². The molecule has 0 radical (unpaired) electrons. The van der Waals surface area contributed by atoms with E-state index < -0.39 is 0 Å². The molecule has 2 aromatic carbocycles. The number of halogens is 3. The first-order chi connectivity index (χ1) is 13.0. The molecule has 2 aromatic rings. The molecule has 0 aliphatic carbocycles. The highest BCUT2D eigenvalue weighted by molar-refractivity contribution is 6.30. The van der Waals surface area contributed by atoms with Gasteiger partial charge in [-0.25, -0.2) is 0 Å². The molecule has 6 nitrogen and oxygen atoms in total. The molecule has 0 aromatic heterocycles. The van der Waals surface area contributed by atoms with E-state index in [1.807, 2.05) is 36.4 Å². The molecule has 0 spiro atoms. The van der Waals surface area contributed by atoms with Crippen LogP contribution in [-0.2, 0) is 16.0 Å². The summed E-state index contributed by atoms with van der Waals surface area (Å²) < 4.78 is 0. The summed E-state index contributed by atoms with van der Waals surface area (Å²) in [5, 5.41) is 3.41. The first-order valence-corrected chi connectivity index (χ1v) is 9.28. The standard InChI is InChI=1S/C20H23ClN4O2.2ClH/c21-16-3-7-18(8-4-16)24-9-11-25(12-10-24)20(27)14-23-19(26)13-15-1-5-17(22)6-2-15;;/h1-8H,9-14,22H2,(H,23,26);2*1H. The van der Waals surface area contributed by atoms with Crippen LogP contribution in [0.5, 0.6) is 0 Å². The molecule has 1 heterocycles. The topological polar surface area (TPSA) is 78.7 Å². The van der Waals surface area contributed by atoms with Gasteiger partial charge in [-0.05, 0) is 42.0 Å². The first-order valence-electron chi connectivity index (χ1n) is 8.90. The van der Waals surface area contributed by atoms with Crippen LogP contribution in [0.4, 0.5) is 11.4 Å². The van der Waals surface area contributed by atoms with Crippen LogP contribution in [0.2, 0.25) is 5.02 Å². The lowest BCUT2D eigenvalue weighted by atomic mass is 10.1. The Bertz CT molecular complexity index is 792. The number of benzene rings is 2. The average Bonchev–Trinajstić information content (AvgIpc) is 2.69. The Morgan fingerprint density at radius 2 is 1.52 bits per heavy atom. The summed E-state index contributed by atoms with van der Waals surface area (Å²) in [5.41, 5.74) is 8.26. The maximum Gasteiger partial charge on any atom is 0.242 e. The molecule has 3 N–H and O–H groups in total. The Morgan fingerprint density at radius 1 is 0.931 bits per heavy atom. The second-order valence-electron chi connectivity index (χ2n) is 6.54. The van der Waals surface area contributed by atoms with Crippen molar-refractivity contribution in [3.8, 4) is 0 Å². The molecule has 9 heteroatoms. The molecule has 158 valence electrons. The number of hydrogen-bond acceptors (Lipinski definition) is 4. The van der Waals surface area contributed by atoms with Gasteiger partial charge in [0.1, 0.15) is 0 Å². The van der Waals surface area contributed by atoms with E-state index in [0.717, 1.165) is 24.3 Å². The van der Waals surface area contributed by atoms with Crippen LogP contribution in [0.3, 0.4) is 0 Å². The molecule has 1 aliphatic rings.